The van der Waals surface area contributed by atoms with Crippen LogP contribution in [0.5, 0.6) is 0 Å². The van der Waals surface area contributed by atoms with E-state index < -0.39 is 0 Å². The first kappa shape index (κ1) is 26.1. The third kappa shape index (κ3) is 3.64. The molecule has 210 valence electrons. The van der Waals surface area contributed by atoms with Crippen molar-refractivity contribution in [2.45, 2.75) is 27.7 Å². The Balaban J connectivity index is 1.75. The van der Waals surface area contributed by atoms with Gasteiger partial charge in [-0.05, 0) is 75.5 Å². The van der Waals surface area contributed by atoms with E-state index in [4.69, 9.17) is 8.83 Å². The Morgan fingerprint density at radius 3 is 1.83 bits per heavy atom. The number of carbonyl (C=O) groups is 2. The highest BCUT2D eigenvalue weighted by atomic mass is 16.3. The van der Waals surface area contributed by atoms with Gasteiger partial charge in [0.15, 0.2) is 0 Å². The van der Waals surface area contributed by atoms with Crippen molar-refractivity contribution >= 4 is 77.2 Å². The molecule has 0 radical (unpaired) electrons. The predicted molar refractivity (Wildman–Crippen MR) is 171 cm³/mol. The monoisotopic (exact) mass is 556 g/mol. The van der Waals surface area contributed by atoms with Crippen LogP contribution in [-0.2, 0) is 0 Å². The second-order valence-corrected chi connectivity index (χ2v) is 10.7. The van der Waals surface area contributed by atoms with Gasteiger partial charge in [-0.3, -0.25) is 9.59 Å². The molecule has 2 aromatic heterocycles. The van der Waals surface area contributed by atoms with Crippen molar-refractivity contribution in [1.82, 2.24) is 9.80 Å². The van der Waals surface area contributed by atoms with Gasteiger partial charge in [-0.2, -0.15) is 0 Å². The smallest absolute Gasteiger partial charge is 0.254 e. The predicted octanol–water partition coefficient (Wildman–Crippen LogP) is 8.76. The molecule has 0 unspecified atom stereocenters. The lowest BCUT2D eigenvalue weighted by atomic mass is 9.87. The number of hydrogen-bond acceptors (Lipinski definition) is 4. The fraction of sp³-hybridized carbons (Fsp3) is 0.222. The Labute approximate surface area is 243 Å². The lowest BCUT2D eigenvalue weighted by molar-refractivity contribution is 0.0766. The van der Waals surface area contributed by atoms with E-state index in [0.717, 1.165) is 54.3 Å². The number of hydrogen-bond donors (Lipinski definition) is 0. The third-order valence-electron chi connectivity index (χ3n) is 8.64. The van der Waals surface area contributed by atoms with E-state index in [-0.39, 0.29) is 11.8 Å². The summed E-state index contributed by atoms with van der Waals surface area (Å²) in [6.45, 7) is 10.5. The van der Waals surface area contributed by atoms with Crippen LogP contribution in [0.3, 0.4) is 0 Å². The Hall–Kier alpha value is -4.84. The van der Waals surface area contributed by atoms with Gasteiger partial charge < -0.3 is 18.6 Å². The van der Waals surface area contributed by atoms with Crippen molar-refractivity contribution in [3.63, 3.8) is 0 Å². The van der Waals surface area contributed by atoms with Crippen LogP contribution in [0.4, 0.5) is 0 Å². The van der Waals surface area contributed by atoms with Gasteiger partial charge in [-0.25, -0.2) is 0 Å². The lowest BCUT2D eigenvalue weighted by Crippen LogP contribution is -2.30. The fourth-order valence-corrected chi connectivity index (χ4v) is 6.57. The van der Waals surface area contributed by atoms with Gasteiger partial charge in [-0.15, -0.1) is 0 Å². The molecule has 7 aromatic rings. The molecule has 0 aliphatic carbocycles. The van der Waals surface area contributed by atoms with Gasteiger partial charge >= 0.3 is 0 Å². The number of amides is 2. The average molecular weight is 557 g/mol. The molecule has 0 atom stereocenters. The summed E-state index contributed by atoms with van der Waals surface area (Å²) in [6.07, 6.45) is 0. The number of nitrogens with zero attached hydrogens (tertiary/aromatic N) is 2. The van der Waals surface area contributed by atoms with E-state index in [9.17, 15) is 9.59 Å². The maximum Gasteiger partial charge on any atom is 0.254 e. The lowest BCUT2D eigenvalue weighted by Gasteiger charge is -2.23. The van der Waals surface area contributed by atoms with Crippen LogP contribution in [0.25, 0.3) is 65.4 Å². The third-order valence-corrected chi connectivity index (χ3v) is 8.64. The molecule has 42 heavy (non-hydrogen) atoms. The van der Waals surface area contributed by atoms with E-state index in [1.807, 2.05) is 98.2 Å². The van der Waals surface area contributed by atoms with Crippen molar-refractivity contribution in [2.24, 2.45) is 0 Å². The van der Waals surface area contributed by atoms with E-state index >= 15 is 0 Å². The molecule has 0 saturated heterocycles. The average Bonchev–Trinajstić information content (AvgIpc) is 3.03. The Bertz CT molecular complexity index is 2200. The number of benzene rings is 5. The second kappa shape index (κ2) is 9.91. The zero-order chi connectivity index (χ0) is 29.1. The molecular weight excluding hydrogens is 524 g/mol. The molecule has 6 heteroatoms. The first-order valence-electron chi connectivity index (χ1n) is 14.7. The molecule has 2 amide bonds. The Kier molecular flexibility index (Phi) is 6.15. The standard InChI is InChI=1S/C36H32N2O4/c1-5-37(6-2)35(39)21-16-18-27-25(20-21)33-31-23(13-11-15-28(31)42-27)30-24(36(40)38(7-3)8-4)17-19-29-34(30)32(33)22-12-9-10-14-26(22)41-29/h9-20H,5-8H2,1-4H3. The summed E-state index contributed by atoms with van der Waals surface area (Å²) in [5.41, 5.74) is 4.15. The van der Waals surface area contributed by atoms with Gasteiger partial charge in [-0.1, -0.05) is 30.3 Å². The number of para-hydroxylation sites is 1. The van der Waals surface area contributed by atoms with Gasteiger partial charge in [0.2, 0.25) is 0 Å². The summed E-state index contributed by atoms with van der Waals surface area (Å²) in [6, 6.07) is 23.5. The topological polar surface area (TPSA) is 66.9 Å². The summed E-state index contributed by atoms with van der Waals surface area (Å²) in [5, 5.41) is 7.41. The molecular formula is C36H32N2O4. The molecule has 0 bridgehead atoms. The normalized spacial score (nSPS) is 11.9. The highest BCUT2D eigenvalue weighted by molar-refractivity contribution is 6.41. The van der Waals surface area contributed by atoms with Crippen LogP contribution in [0, 0.1) is 0 Å². The first-order valence-corrected chi connectivity index (χ1v) is 14.7. The van der Waals surface area contributed by atoms with Crippen LogP contribution in [-0.4, -0.2) is 47.8 Å². The maximum absolute atomic E-state index is 13.9. The maximum atomic E-state index is 13.9. The molecule has 0 spiro atoms. The van der Waals surface area contributed by atoms with Crippen molar-refractivity contribution in [2.75, 3.05) is 26.2 Å². The molecule has 0 aliphatic heterocycles. The van der Waals surface area contributed by atoms with Gasteiger partial charge in [0.1, 0.15) is 22.3 Å². The van der Waals surface area contributed by atoms with E-state index in [0.29, 0.717) is 48.5 Å². The minimum absolute atomic E-state index is 0.0103. The highest BCUT2D eigenvalue weighted by Gasteiger charge is 2.26. The van der Waals surface area contributed by atoms with Crippen molar-refractivity contribution in [3.05, 3.63) is 83.9 Å². The Morgan fingerprint density at radius 1 is 0.524 bits per heavy atom. The summed E-state index contributed by atoms with van der Waals surface area (Å²) in [5.74, 6) is -0.0230. The van der Waals surface area contributed by atoms with Crippen LogP contribution in [0.2, 0.25) is 0 Å². The van der Waals surface area contributed by atoms with E-state index in [1.54, 1.807) is 0 Å². The highest BCUT2D eigenvalue weighted by Crippen LogP contribution is 2.47. The van der Waals surface area contributed by atoms with E-state index in [2.05, 4.69) is 12.1 Å². The number of fused-ring (bicyclic) bond motifs is 6. The minimum atomic E-state index is -0.0127. The molecule has 2 heterocycles. The molecule has 0 N–H and O–H groups in total. The molecule has 7 rings (SSSR count). The molecule has 0 fully saturated rings. The summed E-state index contributed by atoms with van der Waals surface area (Å²) in [4.78, 5) is 31.1. The molecule has 0 aliphatic rings. The first-order chi connectivity index (χ1) is 20.5. The zero-order valence-corrected chi connectivity index (χ0v) is 24.3. The van der Waals surface area contributed by atoms with Crippen molar-refractivity contribution in [1.29, 1.82) is 0 Å². The van der Waals surface area contributed by atoms with Crippen LogP contribution >= 0.6 is 0 Å². The van der Waals surface area contributed by atoms with Crippen LogP contribution in [0.1, 0.15) is 48.4 Å². The zero-order valence-electron chi connectivity index (χ0n) is 24.3. The number of carbonyl (C=O) groups excluding carboxylic acids is 2. The largest absolute Gasteiger partial charge is 0.456 e. The van der Waals surface area contributed by atoms with Crippen LogP contribution < -0.4 is 0 Å². The second-order valence-electron chi connectivity index (χ2n) is 10.7. The summed E-state index contributed by atoms with van der Waals surface area (Å²) < 4.78 is 13.0. The Morgan fingerprint density at radius 2 is 1.10 bits per heavy atom. The van der Waals surface area contributed by atoms with Crippen LogP contribution in [0.15, 0.2) is 81.6 Å². The fourth-order valence-electron chi connectivity index (χ4n) is 6.57. The quantitative estimate of drug-likeness (QED) is 0.152. The molecule has 0 saturated carbocycles. The van der Waals surface area contributed by atoms with E-state index in [1.165, 1.54) is 0 Å². The van der Waals surface area contributed by atoms with Crippen molar-refractivity contribution < 1.29 is 18.4 Å². The van der Waals surface area contributed by atoms with Gasteiger partial charge in [0.05, 0.1) is 0 Å². The minimum Gasteiger partial charge on any atom is -0.456 e. The van der Waals surface area contributed by atoms with Gasteiger partial charge in [0, 0.05) is 75.0 Å². The van der Waals surface area contributed by atoms with Crippen molar-refractivity contribution in [3.8, 4) is 0 Å². The summed E-state index contributed by atoms with van der Waals surface area (Å²) >= 11 is 0. The van der Waals surface area contributed by atoms with Gasteiger partial charge in [0.25, 0.3) is 11.8 Å². The molecule has 6 nitrogen and oxygen atoms in total. The molecule has 5 aromatic carbocycles. The summed E-state index contributed by atoms with van der Waals surface area (Å²) in [7, 11) is 0. The number of rotatable bonds is 6. The SMILES string of the molecule is CCN(CC)C(=O)c1ccc2oc3cccc4c5c(C(=O)N(CC)CC)ccc6oc7ccccc7c(c65)c(c2c1)c34.